The number of nitrogens with one attached hydrogen (secondary N) is 1. The van der Waals surface area contributed by atoms with Gasteiger partial charge in [-0.2, -0.15) is 0 Å². The van der Waals surface area contributed by atoms with Gasteiger partial charge in [0.25, 0.3) is 0 Å². The number of carbonyl (C=O) groups excluding carboxylic acids is 1. The van der Waals surface area contributed by atoms with Gasteiger partial charge in [0, 0.05) is 19.3 Å². The first-order valence-corrected chi connectivity index (χ1v) is 8.91. The lowest BCUT2D eigenvalue weighted by molar-refractivity contribution is -0.149. The third kappa shape index (κ3) is 2.84. The van der Waals surface area contributed by atoms with Crippen LogP contribution in [0.25, 0.3) is 0 Å². The van der Waals surface area contributed by atoms with E-state index in [1.165, 1.54) is 6.26 Å². The summed E-state index contributed by atoms with van der Waals surface area (Å²) in [5.41, 5.74) is -0.417. The van der Waals surface area contributed by atoms with E-state index >= 15 is 0 Å². The van der Waals surface area contributed by atoms with E-state index in [-0.39, 0.29) is 5.91 Å². The Morgan fingerprint density at radius 1 is 1.25 bits per heavy atom. The maximum atomic E-state index is 12.9. The topological polar surface area (TPSA) is 75.7 Å². The summed E-state index contributed by atoms with van der Waals surface area (Å²) in [7, 11) is -3.45. The van der Waals surface area contributed by atoms with Crippen LogP contribution >= 0.6 is 0 Å². The third-order valence-corrected chi connectivity index (χ3v) is 6.23. The van der Waals surface area contributed by atoms with E-state index in [4.69, 9.17) is 4.74 Å². The number of amides is 1. The highest BCUT2D eigenvalue weighted by molar-refractivity contribution is 7.92. The van der Waals surface area contributed by atoms with E-state index in [9.17, 15) is 13.2 Å². The lowest BCUT2D eigenvalue weighted by Gasteiger charge is -2.43. The van der Waals surface area contributed by atoms with Crippen LogP contribution in [0.4, 0.5) is 0 Å². The molecule has 7 heteroatoms. The number of piperidine rings is 1. The first-order chi connectivity index (χ1) is 9.18. The Hall–Kier alpha value is -0.660. The molecule has 0 radical (unpaired) electrons. The maximum absolute atomic E-state index is 12.9. The average Bonchev–Trinajstić information content (AvgIpc) is 2.36. The van der Waals surface area contributed by atoms with Crippen molar-refractivity contribution in [1.29, 1.82) is 0 Å². The molecule has 1 N–H and O–H groups in total. The van der Waals surface area contributed by atoms with Crippen LogP contribution in [-0.4, -0.2) is 68.6 Å². The summed E-state index contributed by atoms with van der Waals surface area (Å²) < 4.78 is 28.8. The van der Waals surface area contributed by atoms with Gasteiger partial charge in [0.1, 0.15) is 0 Å². The zero-order valence-electron chi connectivity index (χ0n) is 12.4. The lowest BCUT2D eigenvalue weighted by Crippen LogP contribution is -2.62. The van der Waals surface area contributed by atoms with Crippen molar-refractivity contribution < 1.29 is 17.9 Å². The molecular weight excluding hydrogens is 280 g/mol. The van der Waals surface area contributed by atoms with Gasteiger partial charge in [-0.15, -0.1) is 0 Å². The lowest BCUT2D eigenvalue weighted by atomic mass is 9.94. The molecule has 0 aromatic heterocycles. The molecule has 6 nitrogen and oxygen atoms in total. The molecule has 0 unspecified atom stereocenters. The number of ether oxygens (including phenoxy) is 1. The first-order valence-electron chi connectivity index (χ1n) is 7.02. The predicted octanol–water partition coefficient (Wildman–Crippen LogP) is -0.209. The molecular formula is C13H24N2O4S. The molecule has 1 amide bonds. The van der Waals surface area contributed by atoms with E-state index in [0.29, 0.717) is 45.6 Å². The highest BCUT2D eigenvalue weighted by Gasteiger charge is 2.51. The zero-order chi connectivity index (χ0) is 15.0. The van der Waals surface area contributed by atoms with Crippen LogP contribution in [0, 0.1) is 0 Å². The number of hydrogen-bond acceptors (Lipinski definition) is 5. The van der Waals surface area contributed by atoms with Crippen LogP contribution in [0.5, 0.6) is 0 Å². The van der Waals surface area contributed by atoms with Crippen molar-refractivity contribution >= 4 is 15.7 Å². The number of morpholine rings is 1. The normalized spacial score (nSPS) is 26.2. The summed E-state index contributed by atoms with van der Waals surface area (Å²) in [6.45, 7) is 6.32. The fraction of sp³-hybridized carbons (Fsp3) is 0.923. The summed E-state index contributed by atoms with van der Waals surface area (Å²) >= 11 is 0. The van der Waals surface area contributed by atoms with Gasteiger partial charge in [0.15, 0.2) is 14.6 Å². The average molecular weight is 304 g/mol. The van der Waals surface area contributed by atoms with Crippen molar-refractivity contribution in [2.75, 3.05) is 39.0 Å². The van der Waals surface area contributed by atoms with Gasteiger partial charge in [0.2, 0.25) is 5.91 Å². The summed E-state index contributed by atoms with van der Waals surface area (Å²) in [6.07, 6.45) is 1.88. The van der Waals surface area contributed by atoms with Crippen molar-refractivity contribution in [1.82, 2.24) is 10.2 Å². The molecule has 0 atom stereocenters. The van der Waals surface area contributed by atoms with E-state index in [2.05, 4.69) is 5.32 Å². The molecule has 0 aromatic rings. The van der Waals surface area contributed by atoms with Crippen molar-refractivity contribution in [2.45, 2.75) is 37.0 Å². The second-order valence-corrected chi connectivity index (χ2v) is 8.68. The molecule has 2 heterocycles. The number of carbonyl (C=O) groups is 1. The largest absolute Gasteiger partial charge is 0.372 e. The Labute approximate surface area is 120 Å². The van der Waals surface area contributed by atoms with Crippen LogP contribution in [0.3, 0.4) is 0 Å². The summed E-state index contributed by atoms with van der Waals surface area (Å²) in [6, 6.07) is 0. The molecule has 0 aliphatic carbocycles. The van der Waals surface area contributed by atoms with Gasteiger partial charge in [-0.1, -0.05) is 0 Å². The van der Waals surface area contributed by atoms with Crippen LogP contribution in [-0.2, 0) is 19.4 Å². The Morgan fingerprint density at radius 2 is 1.85 bits per heavy atom. The maximum Gasteiger partial charge on any atom is 0.244 e. The van der Waals surface area contributed by atoms with Crippen LogP contribution in [0.2, 0.25) is 0 Å². The van der Waals surface area contributed by atoms with E-state index in [1.54, 1.807) is 4.90 Å². The standard InChI is InChI=1S/C13H24N2O4S/c1-12(2)10-15(8-9-19-12)11(16)13(20(3,17)18)4-6-14-7-5-13/h14H,4-10H2,1-3H3. The molecule has 2 aliphatic rings. The fourth-order valence-corrected chi connectivity index (χ4v) is 4.44. The second kappa shape index (κ2) is 5.27. The Morgan fingerprint density at radius 3 is 2.35 bits per heavy atom. The minimum Gasteiger partial charge on any atom is -0.372 e. The van der Waals surface area contributed by atoms with Crippen LogP contribution in [0.15, 0.2) is 0 Å². The van der Waals surface area contributed by atoms with Crippen LogP contribution < -0.4 is 5.32 Å². The van der Waals surface area contributed by atoms with Crippen molar-refractivity contribution in [3.05, 3.63) is 0 Å². The smallest absolute Gasteiger partial charge is 0.244 e. The minimum atomic E-state index is -3.45. The molecule has 116 valence electrons. The van der Waals surface area contributed by atoms with Gasteiger partial charge >= 0.3 is 0 Å². The third-order valence-electron chi connectivity index (χ3n) is 4.22. The highest BCUT2D eigenvalue weighted by atomic mass is 32.2. The van der Waals surface area contributed by atoms with Crippen molar-refractivity contribution in [3.63, 3.8) is 0 Å². The van der Waals surface area contributed by atoms with Gasteiger partial charge in [-0.25, -0.2) is 8.42 Å². The van der Waals surface area contributed by atoms with Gasteiger partial charge < -0.3 is 15.0 Å². The summed E-state index contributed by atoms with van der Waals surface area (Å²) in [5, 5.41) is 3.13. The van der Waals surface area contributed by atoms with Gasteiger partial charge in [-0.3, -0.25) is 4.79 Å². The van der Waals surface area contributed by atoms with Gasteiger partial charge in [-0.05, 0) is 39.8 Å². The first kappa shape index (κ1) is 15.7. The molecule has 0 spiro atoms. The zero-order valence-corrected chi connectivity index (χ0v) is 13.3. The Balaban J connectivity index is 2.28. The fourth-order valence-electron chi connectivity index (χ4n) is 3.05. The monoisotopic (exact) mass is 304 g/mol. The molecule has 2 fully saturated rings. The molecule has 0 saturated carbocycles. The van der Waals surface area contributed by atoms with E-state index in [0.717, 1.165) is 0 Å². The second-order valence-electron chi connectivity index (χ2n) is 6.35. The quantitative estimate of drug-likeness (QED) is 0.764. The molecule has 0 aromatic carbocycles. The minimum absolute atomic E-state index is 0.252. The van der Waals surface area contributed by atoms with Crippen molar-refractivity contribution in [2.24, 2.45) is 0 Å². The summed E-state index contributed by atoms with van der Waals surface area (Å²) in [4.78, 5) is 14.5. The molecule has 2 saturated heterocycles. The van der Waals surface area contributed by atoms with Crippen LogP contribution in [0.1, 0.15) is 26.7 Å². The van der Waals surface area contributed by atoms with Crippen molar-refractivity contribution in [3.8, 4) is 0 Å². The Kier molecular flexibility index (Phi) is 4.15. The predicted molar refractivity (Wildman–Crippen MR) is 76.3 cm³/mol. The number of sulfone groups is 1. The highest BCUT2D eigenvalue weighted by Crippen LogP contribution is 2.31. The number of nitrogens with zero attached hydrogens (tertiary/aromatic N) is 1. The van der Waals surface area contributed by atoms with E-state index < -0.39 is 20.2 Å². The molecule has 0 bridgehead atoms. The SMILES string of the molecule is CC1(C)CN(C(=O)C2(S(C)(=O)=O)CCNCC2)CCO1. The van der Waals surface area contributed by atoms with Gasteiger partial charge in [0.05, 0.1) is 12.2 Å². The molecule has 20 heavy (non-hydrogen) atoms. The molecule has 2 aliphatic heterocycles. The summed E-state index contributed by atoms with van der Waals surface area (Å²) in [5.74, 6) is -0.252. The number of hydrogen-bond donors (Lipinski definition) is 1. The van der Waals surface area contributed by atoms with E-state index in [1.807, 2.05) is 13.8 Å². The molecule has 2 rings (SSSR count). The Bertz CT molecular complexity index is 481. The number of rotatable bonds is 2.